The average molecular weight is 399 g/mol. The third-order valence-electron chi connectivity index (χ3n) is 4.25. The number of carbonyl (C=O) groups is 3. The lowest BCUT2D eigenvalue weighted by molar-refractivity contribution is -0.116. The Morgan fingerprint density at radius 2 is 2.10 bits per heavy atom. The number of aromatic amines is 1. The molecule has 2 aromatic rings. The standard InChI is InChI=1S/C18H21N7O4/c1-29-18(28)24-17-15(16(19)27)22-13(23-17)6-7-14(26)21-11-5-4-10-3-2-8-20-25-12(10)9-11/h4-5,9H,2-3,6-8H2,1H3,(H2,19,27)(H,21,26)(H,22,23)(H,24,28). The van der Waals surface area contributed by atoms with Crippen molar-refractivity contribution < 1.29 is 19.1 Å². The Morgan fingerprint density at radius 1 is 1.28 bits per heavy atom. The van der Waals surface area contributed by atoms with E-state index in [1.807, 2.05) is 12.1 Å². The number of hydrogen-bond acceptors (Lipinski definition) is 7. The van der Waals surface area contributed by atoms with Gasteiger partial charge in [0.05, 0.1) is 19.3 Å². The topological polar surface area (TPSA) is 164 Å². The number of primary amides is 1. The van der Waals surface area contributed by atoms with Crippen LogP contribution in [-0.2, 0) is 22.4 Å². The number of carbonyl (C=O) groups excluding carboxylic acids is 3. The Kier molecular flexibility index (Phi) is 6.17. The number of hydrogen-bond donors (Lipinski definition) is 4. The van der Waals surface area contributed by atoms with E-state index in [1.165, 1.54) is 7.11 Å². The molecule has 29 heavy (non-hydrogen) atoms. The predicted octanol–water partition coefficient (Wildman–Crippen LogP) is 2.29. The van der Waals surface area contributed by atoms with E-state index in [9.17, 15) is 14.4 Å². The fraction of sp³-hybridized carbons (Fsp3) is 0.333. The van der Waals surface area contributed by atoms with Crippen LogP contribution >= 0.6 is 0 Å². The molecule has 11 heteroatoms. The van der Waals surface area contributed by atoms with Crippen LogP contribution in [0, 0.1) is 0 Å². The molecule has 0 atom stereocenters. The molecule has 3 amide bonds. The third kappa shape index (κ3) is 5.15. The lowest BCUT2D eigenvalue weighted by atomic mass is 10.1. The van der Waals surface area contributed by atoms with Gasteiger partial charge in [-0.25, -0.2) is 9.78 Å². The molecule has 0 bridgehead atoms. The number of imidazole rings is 1. The lowest BCUT2D eigenvalue weighted by Gasteiger charge is -2.07. The molecular formula is C18H21N7O4. The van der Waals surface area contributed by atoms with E-state index in [-0.39, 0.29) is 30.3 Å². The maximum atomic E-state index is 12.3. The van der Waals surface area contributed by atoms with Crippen molar-refractivity contribution in [3.05, 3.63) is 35.3 Å². The highest BCUT2D eigenvalue weighted by Gasteiger charge is 2.18. The molecule has 0 aliphatic carbocycles. The van der Waals surface area contributed by atoms with Gasteiger partial charge in [0.25, 0.3) is 5.91 Å². The number of methoxy groups -OCH3 is 1. The van der Waals surface area contributed by atoms with E-state index < -0.39 is 12.0 Å². The maximum Gasteiger partial charge on any atom is 0.412 e. The van der Waals surface area contributed by atoms with Crippen molar-refractivity contribution in [2.75, 3.05) is 24.3 Å². The van der Waals surface area contributed by atoms with Crippen LogP contribution in [0.5, 0.6) is 0 Å². The quantitative estimate of drug-likeness (QED) is 0.584. The zero-order valence-electron chi connectivity index (χ0n) is 15.8. The molecule has 11 nitrogen and oxygen atoms in total. The lowest BCUT2D eigenvalue weighted by Crippen LogP contribution is -2.18. The molecule has 1 aromatic heterocycles. The largest absolute Gasteiger partial charge is 0.453 e. The molecule has 0 fully saturated rings. The monoisotopic (exact) mass is 399 g/mol. The molecular weight excluding hydrogens is 378 g/mol. The number of fused-ring (bicyclic) bond motifs is 1. The summed E-state index contributed by atoms with van der Waals surface area (Å²) in [5, 5.41) is 13.4. The average Bonchev–Trinajstić information content (AvgIpc) is 2.95. The van der Waals surface area contributed by atoms with E-state index in [4.69, 9.17) is 5.73 Å². The van der Waals surface area contributed by atoms with Crippen LogP contribution in [0.25, 0.3) is 0 Å². The Morgan fingerprint density at radius 3 is 2.86 bits per heavy atom. The first-order chi connectivity index (χ1) is 14.0. The van der Waals surface area contributed by atoms with Gasteiger partial charge in [-0.1, -0.05) is 6.07 Å². The van der Waals surface area contributed by atoms with Crippen LogP contribution in [0.2, 0.25) is 0 Å². The zero-order chi connectivity index (χ0) is 20.8. The number of aromatic nitrogens is 2. The highest BCUT2D eigenvalue weighted by Crippen LogP contribution is 2.27. The number of amides is 3. The maximum absolute atomic E-state index is 12.3. The minimum absolute atomic E-state index is 0.0455. The number of benzene rings is 1. The van der Waals surface area contributed by atoms with Crippen molar-refractivity contribution >= 4 is 35.1 Å². The molecule has 0 unspecified atom stereocenters. The molecule has 1 aromatic carbocycles. The summed E-state index contributed by atoms with van der Waals surface area (Å²) in [7, 11) is 1.18. The first-order valence-electron chi connectivity index (χ1n) is 9.00. The summed E-state index contributed by atoms with van der Waals surface area (Å²) >= 11 is 0. The summed E-state index contributed by atoms with van der Waals surface area (Å²) < 4.78 is 4.48. The van der Waals surface area contributed by atoms with Crippen molar-refractivity contribution in [1.29, 1.82) is 0 Å². The van der Waals surface area contributed by atoms with Gasteiger partial charge in [0.1, 0.15) is 11.5 Å². The van der Waals surface area contributed by atoms with Crippen LogP contribution in [0.1, 0.15) is 34.7 Å². The van der Waals surface area contributed by atoms with Crippen molar-refractivity contribution in [1.82, 2.24) is 9.97 Å². The highest BCUT2D eigenvalue weighted by molar-refractivity contribution is 5.99. The van der Waals surface area contributed by atoms with Gasteiger partial charge in [-0.05, 0) is 30.5 Å². The molecule has 0 saturated heterocycles. The first-order valence-corrected chi connectivity index (χ1v) is 9.00. The highest BCUT2D eigenvalue weighted by atomic mass is 16.5. The van der Waals surface area contributed by atoms with Crippen molar-refractivity contribution in [3.8, 4) is 0 Å². The molecule has 2 heterocycles. The minimum atomic E-state index is -0.793. The minimum Gasteiger partial charge on any atom is -0.453 e. The Hall–Kier alpha value is -3.76. The van der Waals surface area contributed by atoms with Gasteiger partial charge in [-0.2, -0.15) is 10.2 Å². The Balaban J connectivity index is 1.62. The summed E-state index contributed by atoms with van der Waals surface area (Å²) in [6.45, 7) is 0.694. The van der Waals surface area contributed by atoms with E-state index in [0.29, 0.717) is 18.1 Å². The van der Waals surface area contributed by atoms with Gasteiger partial charge in [-0.15, -0.1) is 0 Å². The molecule has 0 saturated carbocycles. The number of azo groups is 1. The second-order valence-electron chi connectivity index (χ2n) is 6.35. The number of rotatable bonds is 6. The van der Waals surface area contributed by atoms with Crippen LogP contribution < -0.4 is 16.4 Å². The van der Waals surface area contributed by atoms with Gasteiger partial charge >= 0.3 is 6.09 Å². The summed E-state index contributed by atoms with van der Waals surface area (Å²) in [5.74, 6) is -0.749. The van der Waals surface area contributed by atoms with Crippen molar-refractivity contribution in [3.63, 3.8) is 0 Å². The predicted molar refractivity (Wildman–Crippen MR) is 104 cm³/mol. The number of H-pyrrole nitrogens is 1. The van der Waals surface area contributed by atoms with Crippen LogP contribution in [-0.4, -0.2) is 41.5 Å². The fourth-order valence-electron chi connectivity index (χ4n) is 2.83. The second kappa shape index (κ2) is 8.95. The van der Waals surface area contributed by atoms with Crippen LogP contribution in [0.3, 0.4) is 0 Å². The molecule has 152 valence electrons. The van der Waals surface area contributed by atoms with Gasteiger partial charge in [-0.3, -0.25) is 14.9 Å². The van der Waals surface area contributed by atoms with Gasteiger partial charge in [0.2, 0.25) is 5.91 Å². The summed E-state index contributed by atoms with van der Waals surface area (Å²) in [6.07, 6.45) is 1.37. The Labute approximate surface area is 166 Å². The van der Waals surface area contributed by atoms with Crippen molar-refractivity contribution in [2.45, 2.75) is 25.7 Å². The van der Waals surface area contributed by atoms with Gasteiger partial charge < -0.3 is 20.8 Å². The van der Waals surface area contributed by atoms with Crippen LogP contribution in [0.4, 0.5) is 22.0 Å². The number of anilines is 2. The van der Waals surface area contributed by atoms with Gasteiger partial charge in [0, 0.05) is 18.5 Å². The van der Waals surface area contributed by atoms with E-state index in [0.717, 1.165) is 24.1 Å². The first kappa shape index (κ1) is 20.0. The molecule has 0 spiro atoms. The molecule has 1 aliphatic rings. The number of nitrogens with one attached hydrogen (secondary N) is 3. The summed E-state index contributed by atoms with van der Waals surface area (Å²) in [6, 6.07) is 5.55. The SMILES string of the molecule is COC(=O)Nc1nc(CCC(=O)Nc2ccc3c(c2)N=NCCC3)[nH]c1C(N)=O. The molecule has 3 rings (SSSR count). The number of ether oxygens (including phenoxy) is 1. The van der Waals surface area contributed by atoms with E-state index in [1.54, 1.807) is 6.07 Å². The second-order valence-corrected chi connectivity index (χ2v) is 6.35. The Bertz CT molecular complexity index is 967. The third-order valence-corrected chi connectivity index (χ3v) is 4.25. The zero-order valence-corrected chi connectivity index (χ0v) is 15.8. The summed E-state index contributed by atoms with van der Waals surface area (Å²) in [5.41, 5.74) is 7.69. The fourth-order valence-corrected chi connectivity index (χ4v) is 2.83. The normalized spacial score (nSPS) is 12.6. The molecule has 1 aliphatic heterocycles. The van der Waals surface area contributed by atoms with Crippen LogP contribution in [0.15, 0.2) is 28.4 Å². The number of nitrogens with two attached hydrogens (primary N) is 1. The van der Waals surface area contributed by atoms with Crippen molar-refractivity contribution in [2.24, 2.45) is 16.0 Å². The summed E-state index contributed by atoms with van der Waals surface area (Å²) in [4.78, 5) is 41.9. The smallest absolute Gasteiger partial charge is 0.412 e. The molecule has 0 radical (unpaired) electrons. The van der Waals surface area contributed by atoms with E-state index in [2.05, 4.69) is 35.6 Å². The molecule has 5 N–H and O–H groups in total. The number of aryl methyl sites for hydroxylation is 2. The van der Waals surface area contributed by atoms with Gasteiger partial charge in [0.15, 0.2) is 5.82 Å². The van der Waals surface area contributed by atoms with E-state index >= 15 is 0 Å². The number of nitrogens with zero attached hydrogens (tertiary/aromatic N) is 3.